The van der Waals surface area contributed by atoms with Crippen LogP contribution in [0.5, 0.6) is 0 Å². The molecule has 2 atom stereocenters. The van der Waals surface area contributed by atoms with Crippen LogP contribution in [0.2, 0.25) is 0 Å². The molecule has 2 aliphatic rings. The average molecular weight is 276 g/mol. The molecule has 0 radical (unpaired) electrons. The number of carbonyl (C=O) groups is 1. The van der Waals surface area contributed by atoms with E-state index < -0.39 is 0 Å². The highest BCUT2D eigenvalue weighted by Gasteiger charge is 2.36. The number of thiophene rings is 1. The van der Waals surface area contributed by atoms with Crippen molar-refractivity contribution >= 4 is 17.4 Å². The van der Waals surface area contributed by atoms with Crippen LogP contribution in [0.15, 0.2) is 28.5 Å². The van der Waals surface area contributed by atoms with E-state index in [2.05, 4.69) is 29.8 Å². The molecule has 2 amide bonds. The number of likely N-dealkylation sites (tertiary alicyclic amines) is 1. The minimum atomic E-state index is 0.0956. The zero-order valence-electron chi connectivity index (χ0n) is 11.3. The molecule has 0 bridgehead atoms. The molecule has 1 fully saturated rings. The summed E-state index contributed by atoms with van der Waals surface area (Å²) in [7, 11) is 0. The van der Waals surface area contributed by atoms with E-state index in [9.17, 15) is 4.79 Å². The summed E-state index contributed by atoms with van der Waals surface area (Å²) in [4.78, 5) is 14.2. The molecule has 1 aromatic rings. The fourth-order valence-corrected chi connectivity index (χ4v) is 3.80. The largest absolute Gasteiger partial charge is 0.334 e. The van der Waals surface area contributed by atoms with Crippen LogP contribution in [0.25, 0.3) is 0 Å². The summed E-state index contributed by atoms with van der Waals surface area (Å²) >= 11 is 1.67. The highest BCUT2D eigenvalue weighted by Crippen LogP contribution is 2.35. The monoisotopic (exact) mass is 276 g/mol. The number of hydrogen-bond donors (Lipinski definition) is 1. The first-order valence-electron chi connectivity index (χ1n) is 6.92. The lowest BCUT2D eigenvalue weighted by atomic mass is 9.83. The van der Waals surface area contributed by atoms with Crippen molar-refractivity contribution in [3.05, 3.63) is 34.0 Å². The van der Waals surface area contributed by atoms with Crippen LogP contribution < -0.4 is 5.32 Å². The van der Waals surface area contributed by atoms with Crippen molar-refractivity contribution in [2.45, 2.75) is 26.3 Å². The van der Waals surface area contributed by atoms with E-state index in [0.717, 1.165) is 19.5 Å². The number of nitrogens with one attached hydrogen (secondary N) is 1. The molecule has 1 aliphatic heterocycles. The molecule has 1 aliphatic carbocycles. The number of nitrogens with zero attached hydrogens (tertiary/aromatic N) is 1. The molecule has 0 spiro atoms. The molecular formula is C15H20N2OS. The maximum atomic E-state index is 12.2. The SMILES string of the molecule is CC1=CC[C@@H]2CN(C(=O)NCc3ccsc3)C[C@@H]2C1. The van der Waals surface area contributed by atoms with Crippen LogP contribution >= 0.6 is 11.3 Å². The molecule has 0 unspecified atom stereocenters. The molecule has 1 saturated heterocycles. The van der Waals surface area contributed by atoms with Gasteiger partial charge >= 0.3 is 6.03 Å². The highest BCUT2D eigenvalue weighted by molar-refractivity contribution is 7.07. The Labute approximate surface area is 118 Å². The quantitative estimate of drug-likeness (QED) is 0.826. The molecule has 3 rings (SSSR count). The summed E-state index contributed by atoms with van der Waals surface area (Å²) in [5.74, 6) is 1.35. The molecule has 1 N–H and O–H groups in total. The maximum Gasteiger partial charge on any atom is 0.317 e. The number of rotatable bonds is 2. The van der Waals surface area contributed by atoms with Crippen LogP contribution in [0.4, 0.5) is 4.79 Å². The van der Waals surface area contributed by atoms with E-state index in [4.69, 9.17) is 0 Å². The molecular weight excluding hydrogens is 256 g/mol. The molecule has 0 aromatic carbocycles. The third-order valence-corrected chi connectivity index (χ3v) is 4.97. The van der Waals surface area contributed by atoms with E-state index in [0.29, 0.717) is 18.4 Å². The Balaban J connectivity index is 1.52. The smallest absolute Gasteiger partial charge is 0.317 e. The van der Waals surface area contributed by atoms with Crippen molar-refractivity contribution < 1.29 is 4.79 Å². The van der Waals surface area contributed by atoms with E-state index in [1.165, 1.54) is 17.6 Å². The highest BCUT2D eigenvalue weighted by atomic mass is 32.1. The zero-order valence-corrected chi connectivity index (χ0v) is 12.1. The Morgan fingerprint density at radius 2 is 2.32 bits per heavy atom. The van der Waals surface area contributed by atoms with Gasteiger partial charge in [-0.05, 0) is 54.0 Å². The van der Waals surface area contributed by atoms with E-state index >= 15 is 0 Å². The Bertz CT molecular complexity index is 480. The lowest BCUT2D eigenvalue weighted by Gasteiger charge is -2.21. The predicted molar refractivity (Wildman–Crippen MR) is 78.1 cm³/mol. The number of urea groups is 1. The molecule has 3 nitrogen and oxygen atoms in total. The fourth-order valence-electron chi connectivity index (χ4n) is 3.14. The lowest BCUT2D eigenvalue weighted by Crippen LogP contribution is -2.38. The molecule has 1 aromatic heterocycles. The second kappa shape index (κ2) is 5.37. The van der Waals surface area contributed by atoms with Gasteiger partial charge in [0.25, 0.3) is 0 Å². The van der Waals surface area contributed by atoms with Gasteiger partial charge in [-0.3, -0.25) is 0 Å². The van der Waals surface area contributed by atoms with Gasteiger partial charge in [0.15, 0.2) is 0 Å². The number of hydrogen-bond acceptors (Lipinski definition) is 2. The standard InChI is InChI=1S/C15H20N2OS/c1-11-2-3-13-8-17(9-14(13)6-11)15(18)16-7-12-4-5-19-10-12/h2,4-5,10,13-14H,3,6-9H2,1H3,(H,16,18)/t13-,14+/m1/s1. The van der Waals surface area contributed by atoms with Gasteiger partial charge in [-0.25, -0.2) is 4.79 Å². The summed E-state index contributed by atoms with van der Waals surface area (Å²) in [6.07, 6.45) is 4.65. The van der Waals surface area contributed by atoms with Crippen LogP contribution in [0.1, 0.15) is 25.3 Å². The van der Waals surface area contributed by atoms with Crippen LogP contribution in [-0.4, -0.2) is 24.0 Å². The third-order valence-electron chi connectivity index (χ3n) is 4.24. The zero-order chi connectivity index (χ0) is 13.2. The average Bonchev–Trinajstić information content (AvgIpc) is 3.04. The van der Waals surface area contributed by atoms with Gasteiger partial charge in [0.2, 0.25) is 0 Å². The lowest BCUT2D eigenvalue weighted by molar-refractivity contribution is 0.206. The second-order valence-corrected chi connectivity index (χ2v) is 6.49. The van der Waals surface area contributed by atoms with Gasteiger partial charge in [0, 0.05) is 19.6 Å². The van der Waals surface area contributed by atoms with Gasteiger partial charge in [0.05, 0.1) is 0 Å². The maximum absolute atomic E-state index is 12.2. The summed E-state index contributed by atoms with van der Waals surface area (Å²) < 4.78 is 0. The van der Waals surface area contributed by atoms with E-state index in [1.807, 2.05) is 10.3 Å². The molecule has 102 valence electrons. The second-order valence-electron chi connectivity index (χ2n) is 5.71. The molecule has 2 heterocycles. The number of carbonyl (C=O) groups excluding carboxylic acids is 1. The van der Waals surface area contributed by atoms with Crippen LogP contribution in [0.3, 0.4) is 0 Å². The minimum absolute atomic E-state index is 0.0956. The Hall–Kier alpha value is -1.29. The van der Waals surface area contributed by atoms with E-state index in [1.54, 1.807) is 11.3 Å². The summed E-state index contributed by atoms with van der Waals surface area (Å²) in [5.41, 5.74) is 2.68. The fraction of sp³-hybridized carbons (Fsp3) is 0.533. The van der Waals surface area contributed by atoms with Gasteiger partial charge in [-0.1, -0.05) is 11.6 Å². The van der Waals surface area contributed by atoms with Crippen LogP contribution in [-0.2, 0) is 6.54 Å². The number of allylic oxidation sites excluding steroid dienone is 2. The van der Waals surface area contributed by atoms with Crippen molar-refractivity contribution in [1.29, 1.82) is 0 Å². The van der Waals surface area contributed by atoms with Crippen molar-refractivity contribution in [2.24, 2.45) is 11.8 Å². The summed E-state index contributed by atoms with van der Waals surface area (Å²) in [6.45, 7) is 4.69. The van der Waals surface area contributed by atoms with E-state index in [-0.39, 0.29) is 6.03 Å². The van der Waals surface area contributed by atoms with Gasteiger partial charge < -0.3 is 10.2 Å². The summed E-state index contributed by atoms with van der Waals surface area (Å²) in [6, 6.07) is 2.15. The Morgan fingerprint density at radius 1 is 1.47 bits per heavy atom. The van der Waals surface area contributed by atoms with Gasteiger partial charge in [-0.2, -0.15) is 11.3 Å². The van der Waals surface area contributed by atoms with Crippen LogP contribution in [0, 0.1) is 11.8 Å². The predicted octanol–water partition coefficient (Wildman–Crippen LogP) is 3.25. The molecule has 19 heavy (non-hydrogen) atoms. The third kappa shape index (κ3) is 2.84. The topological polar surface area (TPSA) is 32.3 Å². The Morgan fingerprint density at radius 3 is 3.11 bits per heavy atom. The first-order chi connectivity index (χ1) is 9.22. The normalized spacial score (nSPS) is 25.9. The Kier molecular flexibility index (Phi) is 3.60. The first kappa shape index (κ1) is 12.7. The molecule has 4 heteroatoms. The van der Waals surface area contributed by atoms with Crippen molar-refractivity contribution in [2.75, 3.05) is 13.1 Å². The first-order valence-corrected chi connectivity index (χ1v) is 7.86. The molecule has 0 saturated carbocycles. The summed E-state index contributed by atoms with van der Waals surface area (Å²) in [5, 5.41) is 7.15. The van der Waals surface area contributed by atoms with Gasteiger partial charge in [-0.15, -0.1) is 0 Å². The number of amides is 2. The van der Waals surface area contributed by atoms with Crippen molar-refractivity contribution in [1.82, 2.24) is 10.2 Å². The van der Waals surface area contributed by atoms with Crippen molar-refractivity contribution in [3.8, 4) is 0 Å². The van der Waals surface area contributed by atoms with Gasteiger partial charge in [0.1, 0.15) is 0 Å². The van der Waals surface area contributed by atoms with Crippen molar-refractivity contribution in [3.63, 3.8) is 0 Å². The minimum Gasteiger partial charge on any atom is -0.334 e. The number of fused-ring (bicyclic) bond motifs is 1.